The number of hydrogen-bond donors (Lipinski definition) is 2. The Labute approximate surface area is 138 Å². The molecule has 0 aromatic heterocycles. The molecular formula is C13H18ClF3N2O3S. The predicted octanol–water partition coefficient (Wildman–Crippen LogP) is 2.14. The molecule has 0 saturated carbocycles. The minimum Gasteiger partial charge on any atom is -0.324 e. The monoisotopic (exact) mass is 374 g/mol. The molecule has 1 aromatic carbocycles. The number of carbonyl (C=O) groups excluding carboxylic acids is 1. The molecule has 0 aliphatic heterocycles. The topological polar surface area (TPSA) is 89.3 Å². The fourth-order valence-electron chi connectivity index (χ4n) is 1.78. The van der Waals surface area contributed by atoms with Crippen LogP contribution >= 0.6 is 12.4 Å². The first-order valence-corrected chi connectivity index (χ1v) is 8.39. The molecule has 0 bridgehead atoms. The zero-order valence-electron chi connectivity index (χ0n) is 12.5. The molecule has 1 amide bonds. The molecule has 0 heterocycles. The fourth-order valence-corrected chi connectivity index (χ4v) is 2.46. The van der Waals surface area contributed by atoms with Gasteiger partial charge in [0, 0.05) is 11.9 Å². The number of anilines is 1. The van der Waals surface area contributed by atoms with Gasteiger partial charge in [-0.05, 0) is 31.0 Å². The van der Waals surface area contributed by atoms with Crippen LogP contribution in [0.5, 0.6) is 0 Å². The van der Waals surface area contributed by atoms with Crippen molar-refractivity contribution in [3.63, 3.8) is 0 Å². The van der Waals surface area contributed by atoms with E-state index in [2.05, 4.69) is 5.32 Å². The summed E-state index contributed by atoms with van der Waals surface area (Å²) in [4.78, 5) is 11.8. The summed E-state index contributed by atoms with van der Waals surface area (Å²) in [5, 5.41) is 2.30. The van der Waals surface area contributed by atoms with Gasteiger partial charge in [-0.3, -0.25) is 4.79 Å². The number of halogens is 4. The van der Waals surface area contributed by atoms with Crippen LogP contribution < -0.4 is 11.1 Å². The van der Waals surface area contributed by atoms with Crippen molar-refractivity contribution in [2.24, 2.45) is 5.73 Å². The third-order valence-electron chi connectivity index (χ3n) is 3.03. The van der Waals surface area contributed by atoms with Crippen molar-refractivity contribution in [3.8, 4) is 0 Å². The number of nitrogens with two attached hydrogens (primary N) is 1. The maximum atomic E-state index is 12.8. The Hall–Kier alpha value is -1.32. The fraction of sp³-hybridized carbons (Fsp3) is 0.462. The van der Waals surface area contributed by atoms with Crippen LogP contribution in [0.1, 0.15) is 17.5 Å². The molecular weight excluding hydrogens is 357 g/mol. The zero-order valence-corrected chi connectivity index (χ0v) is 14.1. The highest BCUT2D eigenvalue weighted by molar-refractivity contribution is 7.90. The van der Waals surface area contributed by atoms with Gasteiger partial charge in [0.15, 0.2) is 0 Å². The molecule has 0 spiro atoms. The van der Waals surface area contributed by atoms with Gasteiger partial charge in [0.1, 0.15) is 9.84 Å². The largest absolute Gasteiger partial charge is 0.416 e. The van der Waals surface area contributed by atoms with E-state index < -0.39 is 33.5 Å². The van der Waals surface area contributed by atoms with Crippen molar-refractivity contribution in [2.45, 2.75) is 25.6 Å². The molecule has 0 radical (unpaired) electrons. The highest BCUT2D eigenvalue weighted by Crippen LogP contribution is 2.34. The Morgan fingerprint density at radius 3 is 2.39 bits per heavy atom. The van der Waals surface area contributed by atoms with Gasteiger partial charge in [-0.1, -0.05) is 6.07 Å². The summed E-state index contributed by atoms with van der Waals surface area (Å²) in [6, 6.07) is 2.29. The second-order valence-corrected chi connectivity index (χ2v) is 7.25. The molecule has 0 fully saturated rings. The van der Waals surface area contributed by atoms with E-state index in [1.807, 2.05) is 0 Å². The van der Waals surface area contributed by atoms with Crippen LogP contribution in [0.25, 0.3) is 0 Å². The molecule has 0 aliphatic rings. The van der Waals surface area contributed by atoms with E-state index in [1.165, 1.54) is 19.1 Å². The molecule has 0 saturated heterocycles. The summed E-state index contributed by atoms with van der Waals surface area (Å²) in [6.07, 6.45) is -3.62. The lowest BCUT2D eigenvalue weighted by Gasteiger charge is -2.16. The second-order valence-electron chi connectivity index (χ2n) is 4.99. The van der Waals surface area contributed by atoms with Gasteiger partial charge in [-0.25, -0.2) is 8.42 Å². The molecule has 1 aromatic rings. The number of carbonyl (C=O) groups is 1. The molecule has 132 valence electrons. The standard InChI is InChI=1S/C13H17F3N2O3S.ClH/c1-8-9(13(14,15)16)4-3-5-11(8)18-12(19)10(17)6-7-22(2,20)21;/h3-5,10H,6-7,17H2,1-2H3,(H,18,19);1H. The van der Waals surface area contributed by atoms with Crippen LogP contribution in [0.15, 0.2) is 18.2 Å². The molecule has 1 unspecified atom stereocenters. The number of rotatable bonds is 5. The maximum Gasteiger partial charge on any atom is 0.416 e. The number of nitrogens with one attached hydrogen (secondary N) is 1. The van der Waals surface area contributed by atoms with Crippen LogP contribution in [0.2, 0.25) is 0 Å². The minimum absolute atomic E-state index is 0. The van der Waals surface area contributed by atoms with Crippen LogP contribution in [0.3, 0.4) is 0 Å². The van der Waals surface area contributed by atoms with Crippen molar-refractivity contribution >= 4 is 33.8 Å². The average molecular weight is 375 g/mol. The van der Waals surface area contributed by atoms with Crippen molar-refractivity contribution in [3.05, 3.63) is 29.3 Å². The number of benzene rings is 1. The number of hydrogen-bond acceptors (Lipinski definition) is 4. The van der Waals surface area contributed by atoms with Crippen LogP contribution in [-0.2, 0) is 20.8 Å². The molecule has 0 aliphatic carbocycles. The smallest absolute Gasteiger partial charge is 0.324 e. The third-order valence-corrected chi connectivity index (χ3v) is 4.01. The average Bonchev–Trinajstić information content (AvgIpc) is 2.36. The first kappa shape index (κ1) is 21.7. The second kappa shape index (κ2) is 7.98. The van der Waals surface area contributed by atoms with E-state index in [1.54, 1.807) is 0 Å². The minimum atomic E-state index is -4.52. The lowest BCUT2D eigenvalue weighted by molar-refractivity contribution is -0.138. The lowest BCUT2D eigenvalue weighted by atomic mass is 10.1. The Balaban J connectivity index is 0.00000484. The van der Waals surface area contributed by atoms with Crippen LogP contribution in [-0.4, -0.2) is 32.4 Å². The third kappa shape index (κ3) is 6.76. The molecule has 10 heteroatoms. The molecule has 5 nitrogen and oxygen atoms in total. The van der Waals surface area contributed by atoms with Crippen molar-refractivity contribution in [1.29, 1.82) is 0 Å². The summed E-state index contributed by atoms with van der Waals surface area (Å²) in [6.45, 7) is 1.24. The Morgan fingerprint density at radius 1 is 1.35 bits per heavy atom. The number of alkyl halides is 3. The lowest BCUT2D eigenvalue weighted by Crippen LogP contribution is -2.37. The Morgan fingerprint density at radius 2 is 1.91 bits per heavy atom. The van der Waals surface area contributed by atoms with Gasteiger partial charge in [0.25, 0.3) is 0 Å². The zero-order chi connectivity index (χ0) is 17.1. The molecule has 3 N–H and O–H groups in total. The summed E-state index contributed by atoms with van der Waals surface area (Å²) in [7, 11) is -3.27. The maximum absolute atomic E-state index is 12.8. The van der Waals surface area contributed by atoms with Crippen molar-refractivity contribution in [2.75, 3.05) is 17.3 Å². The van der Waals surface area contributed by atoms with E-state index >= 15 is 0 Å². The first-order chi connectivity index (χ1) is 9.92. The first-order valence-electron chi connectivity index (χ1n) is 6.33. The number of amides is 1. The van der Waals surface area contributed by atoms with Gasteiger partial charge >= 0.3 is 6.18 Å². The van der Waals surface area contributed by atoms with E-state index in [4.69, 9.17) is 5.73 Å². The molecule has 23 heavy (non-hydrogen) atoms. The van der Waals surface area contributed by atoms with E-state index in [9.17, 15) is 26.4 Å². The Bertz CT molecular complexity index is 663. The number of sulfone groups is 1. The van der Waals surface area contributed by atoms with Gasteiger partial charge in [-0.2, -0.15) is 13.2 Å². The van der Waals surface area contributed by atoms with Crippen molar-refractivity contribution < 1.29 is 26.4 Å². The summed E-state index contributed by atoms with van der Waals surface area (Å²) in [5.74, 6) is -1.01. The SMILES string of the molecule is Cc1c(NC(=O)C(N)CCS(C)(=O)=O)cccc1C(F)(F)F.Cl. The normalized spacial score (nSPS) is 13.1. The van der Waals surface area contributed by atoms with E-state index in [-0.39, 0.29) is 35.8 Å². The molecule has 1 atom stereocenters. The molecule has 1 rings (SSSR count). The summed E-state index contributed by atoms with van der Waals surface area (Å²) < 4.78 is 60.3. The van der Waals surface area contributed by atoms with Crippen LogP contribution in [0, 0.1) is 6.92 Å². The van der Waals surface area contributed by atoms with Crippen molar-refractivity contribution in [1.82, 2.24) is 0 Å². The Kier molecular flexibility index (Phi) is 7.52. The highest BCUT2D eigenvalue weighted by Gasteiger charge is 2.33. The van der Waals surface area contributed by atoms with Gasteiger partial charge in [-0.15, -0.1) is 12.4 Å². The van der Waals surface area contributed by atoms with E-state index in [0.29, 0.717) is 0 Å². The highest BCUT2D eigenvalue weighted by atomic mass is 35.5. The van der Waals surface area contributed by atoms with Gasteiger partial charge in [0.05, 0.1) is 17.4 Å². The van der Waals surface area contributed by atoms with E-state index in [0.717, 1.165) is 12.3 Å². The van der Waals surface area contributed by atoms with Gasteiger partial charge < -0.3 is 11.1 Å². The summed E-state index contributed by atoms with van der Waals surface area (Å²) >= 11 is 0. The summed E-state index contributed by atoms with van der Waals surface area (Å²) in [5.41, 5.74) is 4.56. The quantitative estimate of drug-likeness (QED) is 0.826. The van der Waals surface area contributed by atoms with Crippen LogP contribution in [0.4, 0.5) is 18.9 Å². The van der Waals surface area contributed by atoms with Gasteiger partial charge in [0.2, 0.25) is 5.91 Å². The predicted molar refractivity (Wildman–Crippen MR) is 84.4 cm³/mol.